The molecule has 0 bridgehead atoms. The van der Waals surface area contributed by atoms with Crippen LogP contribution in [0.15, 0.2) is 0 Å². The van der Waals surface area contributed by atoms with Crippen LogP contribution in [0.2, 0.25) is 0 Å². The third-order valence-electron chi connectivity index (χ3n) is 11.3. The van der Waals surface area contributed by atoms with Crippen LogP contribution in [0, 0.1) is 5.92 Å². The lowest BCUT2D eigenvalue weighted by atomic mass is 10.0. The first-order valence-electron chi connectivity index (χ1n) is 26.5. The van der Waals surface area contributed by atoms with E-state index in [0.717, 1.165) is 26.4 Å². The fraction of sp³-hybridized carbons (Fsp3) is 0.902. The average Bonchev–Trinajstić information content (AvgIpc) is 3.31. The number of primary amides is 1. The SMILES string of the molecule is CCCCCCCCCCCCCCCCOOCC(CSCC(NC(C)=O)C(=O)NCC(=O)NCCCCCC(=O)NCC(N)=O)OOCC(C)CCCCCCCCCCCCC.CO. The summed E-state index contributed by atoms with van der Waals surface area (Å²) in [6, 6.07) is -0.865. The lowest BCUT2D eigenvalue weighted by molar-refractivity contribution is -0.365. The number of nitrogens with one attached hydrogen (secondary N) is 4. The Morgan fingerprint density at radius 1 is 0.552 bits per heavy atom. The number of aliphatic hydroxyl groups is 1. The lowest BCUT2D eigenvalue weighted by Gasteiger charge is -2.20. The van der Waals surface area contributed by atoms with Gasteiger partial charge in [-0.2, -0.15) is 11.8 Å². The van der Waals surface area contributed by atoms with E-state index in [1.807, 2.05) is 0 Å². The molecule has 0 aromatic rings. The third-order valence-corrected chi connectivity index (χ3v) is 12.5. The fourth-order valence-electron chi connectivity index (χ4n) is 7.32. The van der Waals surface area contributed by atoms with Crippen molar-refractivity contribution in [1.82, 2.24) is 21.3 Å². The highest BCUT2D eigenvalue weighted by molar-refractivity contribution is 7.99. The Morgan fingerprint density at radius 3 is 1.58 bits per heavy atom. The van der Waals surface area contributed by atoms with Crippen LogP contribution in [0.1, 0.15) is 220 Å². The van der Waals surface area contributed by atoms with Crippen LogP contribution >= 0.6 is 11.8 Å². The molecule has 0 aromatic carbocycles. The summed E-state index contributed by atoms with van der Waals surface area (Å²) in [5.74, 6) is -1.02. The van der Waals surface area contributed by atoms with Crippen molar-refractivity contribution >= 4 is 41.3 Å². The molecule has 0 saturated carbocycles. The Balaban J connectivity index is 0. The summed E-state index contributed by atoms with van der Waals surface area (Å²) in [6.45, 7) is 9.13. The number of rotatable bonds is 50. The molecule has 16 heteroatoms. The van der Waals surface area contributed by atoms with Gasteiger partial charge in [-0.05, 0) is 31.6 Å². The largest absolute Gasteiger partial charge is 0.400 e. The summed E-state index contributed by atoms with van der Waals surface area (Å²) in [7, 11) is 1.00. The van der Waals surface area contributed by atoms with Crippen molar-refractivity contribution in [2.75, 3.05) is 58.1 Å². The van der Waals surface area contributed by atoms with Crippen molar-refractivity contribution in [3.05, 3.63) is 0 Å². The second-order valence-electron chi connectivity index (χ2n) is 18.0. The number of carbonyl (C=O) groups excluding carboxylic acids is 5. The number of thioether (sulfide) groups is 1. The molecule has 0 aromatic heterocycles. The van der Waals surface area contributed by atoms with E-state index in [2.05, 4.69) is 42.0 Å². The van der Waals surface area contributed by atoms with Crippen LogP contribution < -0.4 is 27.0 Å². The molecule has 3 unspecified atom stereocenters. The Kier molecular flexibility index (Phi) is 52.5. The van der Waals surface area contributed by atoms with Gasteiger partial charge in [0.2, 0.25) is 29.5 Å². The standard InChI is InChI=1S/C50H97N5O9S.CH4O/c1-5-7-9-11-13-15-17-18-19-21-23-25-27-32-36-61-62-40-45(64-63-39-43(3)33-29-26-24-22-20-16-14-12-10-8-6-2)41-65-42-46(55-44(4)56)50(60)54-38-49(59)52-35-31-28-30-34-48(58)53-37-47(51)57;1-2/h43,45-46H,5-42H2,1-4H3,(H2,51,57)(H,52,59)(H,53,58)(H,54,60)(H,55,56);2H,1H3. The highest BCUT2D eigenvalue weighted by Crippen LogP contribution is 2.17. The van der Waals surface area contributed by atoms with Gasteiger partial charge in [0.25, 0.3) is 0 Å². The first-order chi connectivity index (χ1) is 32.6. The molecule has 0 fully saturated rings. The topological polar surface area (TPSA) is 217 Å². The number of hydrogen-bond donors (Lipinski definition) is 6. The molecule has 5 amide bonds. The molecule has 0 aliphatic carbocycles. The predicted molar refractivity (Wildman–Crippen MR) is 273 cm³/mol. The van der Waals surface area contributed by atoms with E-state index in [4.69, 9.17) is 30.4 Å². The van der Waals surface area contributed by atoms with E-state index in [-0.39, 0.29) is 49.6 Å². The second kappa shape index (κ2) is 52.9. The number of nitrogens with two attached hydrogens (primary N) is 1. The molecule has 0 saturated heterocycles. The van der Waals surface area contributed by atoms with Gasteiger partial charge in [-0.3, -0.25) is 24.0 Å². The Hall–Kier alpha value is -2.50. The van der Waals surface area contributed by atoms with E-state index < -0.39 is 24.0 Å². The number of aliphatic hydroxyl groups excluding tert-OH is 1. The van der Waals surface area contributed by atoms with Gasteiger partial charge < -0.3 is 32.1 Å². The zero-order valence-electron chi connectivity index (χ0n) is 43.2. The molecule has 7 N–H and O–H groups in total. The van der Waals surface area contributed by atoms with E-state index in [1.165, 1.54) is 166 Å². The normalized spacial score (nSPS) is 12.4. The lowest BCUT2D eigenvalue weighted by Crippen LogP contribution is -2.50. The summed E-state index contributed by atoms with van der Waals surface area (Å²) in [5, 5.41) is 17.5. The minimum atomic E-state index is -0.865. The smallest absolute Gasteiger partial charge is 0.243 e. The van der Waals surface area contributed by atoms with E-state index in [1.54, 1.807) is 0 Å². The molecule has 0 aliphatic rings. The van der Waals surface area contributed by atoms with Gasteiger partial charge in [0.05, 0.1) is 26.3 Å². The summed E-state index contributed by atoms with van der Waals surface area (Å²) in [5.41, 5.74) is 5.03. The summed E-state index contributed by atoms with van der Waals surface area (Å²) >= 11 is 1.41. The van der Waals surface area contributed by atoms with Crippen LogP contribution in [0.3, 0.4) is 0 Å². The molecular formula is C51H101N5O10S. The highest BCUT2D eigenvalue weighted by atomic mass is 32.2. The molecule has 0 rings (SSSR count). The zero-order valence-corrected chi connectivity index (χ0v) is 44.0. The van der Waals surface area contributed by atoms with Crippen molar-refractivity contribution in [2.45, 2.75) is 232 Å². The third kappa shape index (κ3) is 51.2. The highest BCUT2D eigenvalue weighted by Gasteiger charge is 2.22. The summed E-state index contributed by atoms with van der Waals surface area (Å²) < 4.78 is 0. The first-order valence-corrected chi connectivity index (χ1v) is 27.7. The molecule has 15 nitrogen and oxygen atoms in total. The number of carbonyl (C=O) groups is 5. The maximum atomic E-state index is 13.1. The van der Waals surface area contributed by atoms with Gasteiger partial charge in [-0.25, -0.2) is 19.6 Å². The second-order valence-corrected chi connectivity index (χ2v) is 19.1. The van der Waals surface area contributed by atoms with Crippen LogP contribution in [-0.4, -0.2) is 105 Å². The Bertz CT molecular complexity index is 1160. The van der Waals surface area contributed by atoms with Crippen molar-refractivity contribution in [2.24, 2.45) is 11.7 Å². The minimum absolute atomic E-state index is 0.151. The Labute approximate surface area is 412 Å². The van der Waals surface area contributed by atoms with E-state index >= 15 is 0 Å². The van der Waals surface area contributed by atoms with Crippen LogP contribution in [0.5, 0.6) is 0 Å². The van der Waals surface area contributed by atoms with Crippen molar-refractivity contribution in [3.8, 4) is 0 Å². The van der Waals surface area contributed by atoms with Gasteiger partial charge in [-0.1, -0.05) is 181 Å². The van der Waals surface area contributed by atoms with E-state index in [0.29, 0.717) is 50.7 Å². The van der Waals surface area contributed by atoms with Gasteiger partial charge in [0.1, 0.15) is 18.8 Å². The summed E-state index contributed by atoms with van der Waals surface area (Å²) in [6.07, 6.45) is 35.4. The van der Waals surface area contributed by atoms with Gasteiger partial charge in [-0.15, -0.1) is 0 Å². The molecule has 396 valence electrons. The quantitative estimate of drug-likeness (QED) is 0.0192. The molecule has 67 heavy (non-hydrogen) atoms. The average molecular weight is 976 g/mol. The summed E-state index contributed by atoms with van der Waals surface area (Å²) in [4.78, 5) is 82.6. The molecule has 0 radical (unpaired) electrons. The fourth-order valence-corrected chi connectivity index (χ4v) is 8.34. The molecule has 0 heterocycles. The maximum Gasteiger partial charge on any atom is 0.243 e. The number of amides is 5. The van der Waals surface area contributed by atoms with Crippen LogP contribution in [-0.2, 0) is 43.5 Å². The van der Waals surface area contributed by atoms with E-state index in [9.17, 15) is 24.0 Å². The van der Waals surface area contributed by atoms with Crippen molar-refractivity contribution < 1.29 is 48.6 Å². The van der Waals surface area contributed by atoms with Gasteiger partial charge in [0, 0.05) is 38.5 Å². The minimum Gasteiger partial charge on any atom is -0.400 e. The monoisotopic (exact) mass is 976 g/mol. The molecule has 3 atom stereocenters. The van der Waals surface area contributed by atoms with Crippen molar-refractivity contribution in [1.29, 1.82) is 0 Å². The Morgan fingerprint density at radius 2 is 1.06 bits per heavy atom. The number of unbranched alkanes of at least 4 members (excludes halogenated alkanes) is 25. The maximum absolute atomic E-state index is 13.1. The van der Waals surface area contributed by atoms with Gasteiger partial charge >= 0.3 is 0 Å². The zero-order chi connectivity index (χ0) is 49.9. The van der Waals surface area contributed by atoms with Crippen LogP contribution in [0.25, 0.3) is 0 Å². The molecular weight excluding hydrogens is 875 g/mol. The molecule has 0 spiro atoms. The van der Waals surface area contributed by atoms with Gasteiger partial charge in [0.15, 0.2) is 0 Å². The predicted octanol–water partition coefficient (Wildman–Crippen LogP) is 9.31. The van der Waals surface area contributed by atoms with Crippen LogP contribution in [0.4, 0.5) is 0 Å². The number of hydrogen-bond acceptors (Lipinski definition) is 11. The van der Waals surface area contributed by atoms with Crippen molar-refractivity contribution in [3.63, 3.8) is 0 Å². The first kappa shape index (κ1) is 66.6. The molecule has 0 aliphatic heterocycles.